The molecule has 1 saturated heterocycles. The minimum Gasteiger partial charge on any atom is -0.282 e. The zero-order chi connectivity index (χ0) is 13.3. The number of hydrogen-bond acceptors (Lipinski definition) is 2. The molecule has 1 saturated carbocycles. The third-order valence-corrected chi connectivity index (χ3v) is 4.44. The van der Waals surface area contributed by atoms with E-state index in [1.54, 1.807) is 4.90 Å². The van der Waals surface area contributed by atoms with E-state index in [1.165, 1.54) is 0 Å². The quantitative estimate of drug-likeness (QED) is 0.720. The van der Waals surface area contributed by atoms with Gasteiger partial charge in [0.2, 0.25) is 11.8 Å². The van der Waals surface area contributed by atoms with Crippen molar-refractivity contribution >= 4 is 11.8 Å². The Hall–Kier alpha value is -0.860. The Labute approximate surface area is 110 Å². The lowest BCUT2D eigenvalue weighted by atomic mass is 9.76. The Morgan fingerprint density at radius 1 is 1.17 bits per heavy atom. The van der Waals surface area contributed by atoms with Crippen LogP contribution >= 0.6 is 0 Å². The summed E-state index contributed by atoms with van der Waals surface area (Å²) in [5.41, 5.74) is 0. The summed E-state index contributed by atoms with van der Waals surface area (Å²) < 4.78 is 0. The van der Waals surface area contributed by atoms with E-state index < -0.39 is 0 Å². The van der Waals surface area contributed by atoms with Crippen molar-refractivity contribution in [3.8, 4) is 0 Å². The van der Waals surface area contributed by atoms with Crippen molar-refractivity contribution in [3.63, 3.8) is 0 Å². The number of amides is 2. The summed E-state index contributed by atoms with van der Waals surface area (Å²) in [5.74, 6) is 1.47. The second kappa shape index (κ2) is 5.41. The summed E-state index contributed by atoms with van der Waals surface area (Å²) >= 11 is 0. The van der Waals surface area contributed by atoms with Crippen molar-refractivity contribution in [2.45, 2.75) is 52.9 Å². The largest absolute Gasteiger partial charge is 0.282 e. The molecule has 2 aliphatic rings. The first-order valence-electron chi connectivity index (χ1n) is 7.36. The van der Waals surface area contributed by atoms with Gasteiger partial charge in [-0.2, -0.15) is 0 Å². The molecule has 1 aliphatic heterocycles. The summed E-state index contributed by atoms with van der Waals surface area (Å²) in [5, 5.41) is 0. The van der Waals surface area contributed by atoms with Gasteiger partial charge in [0, 0.05) is 6.54 Å². The van der Waals surface area contributed by atoms with Gasteiger partial charge in [-0.25, -0.2) is 0 Å². The normalized spacial score (nSPS) is 32.2. The number of carbonyl (C=O) groups is 2. The smallest absolute Gasteiger partial charge is 0.233 e. The number of carbonyl (C=O) groups excluding carboxylic acids is 2. The minimum atomic E-state index is 0.000278. The van der Waals surface area contributed by atoms with E-state index in [9.17, 15) is 9.59 Å². The van der Waals surface area contributed by atoms with Gasteiger partial charge < -0.3 is 0 Å². The van der Waals surface area contributed by atoms with Crippen LogP contribution in [0.5, 0.6) is 0 Å². The van der Waals surface area contributed by atoms with E-state index in [4.69, 9.17) is 0 Å². The molecule has 2 rings (SSSR count). The van der Waals surface area contributed by atoms with Gasteiger partial charge in [-0.15, -0.1) is 0 Å². The zero-order valence-corrected chi connectivity index (χ0v) is 11.8. The van der Waals surface area contributed by atoms with Gasteiger partial charge in [0.15, 0.2) is 0 Å². The molecule has 102 valence electrons. The van der Waals surface area contributed by atoms with Gasteiger partial charge in [0.25, 0.3) is 0 Å². The van der Waals surface area contributed by atoms with Gasteiger partial charge in [-0.3, -0.25) is 14.5 Å². The van der Waals surface area contributed by atoms with Crippen LogP contribution in [0.3, 0.4) is 0 Å². The average molecular weight is 251 g/mol. The van der Waals surface area contributed by atoms with Gasteiger partial charge in [0.05, 0.1) is 11.8 Å². The fraction of sp³-hybridized carbons (Fsp3) is 0.867. The van der Waals surface area contributed by atoms with E-state index in [0.717, 1.165) is 32.1 Å². The molecule has 0 aromatic rings. The molecule has 3 nitrogen and oxygen atoms in total. The Balaban J connectivity index is 1.96. The lowest BCUT2D eigenvalue weighted by molar-refractivity contribution is -0.140. The van der Waals surface area contributed by atoms with Crippen molar-refractivity contribution in [1.29, 1.82) is 0 Å². The number of rotatable bonds is 4. The van der Waals surface area contributed by atoms with Crippen LogP contribution in [0, 0.1) is 23.7 Å². The third-order valence-electron chi connectivity index (χ3n) is 4.44. The molecule has 0 bridgehead atoms. The van der Waals surface area contributed by atoms with E-state index >= 15 is 0 Å². The van der Waals surface area contributed by atoms with Crippen molar-refractivity contribution in [2.75, 3.05) is 6.54 Å². The lowest BCUT2D eigenvalue weighted by Crippen LogP contribution is -2.32. The van der Waals surface area contributed by atoms with Crippen LogP contribution in [0.25, 0.3) is 0 Å². The predicted octanol–water partition coefficient (Wildman–Crippen LogP) is 2.84. The van der Waals surface area contributed by atoms with Gasteiger partial charge in [-0.05, 0) is 43.9 Å². The van der Waals surface area contributed by atoms with Crippen LogP contribution in [-0.2, 0) is 9.59 Å². The molecule has 3 atom stereocenters. The molecule has 1 heterocycles. The van der Waals surface area contributed by atoms with Crippen molar-refractivity contribution in [2.24, 2.45) is 23.7 Å². The summed E-state index contributed by atoms with van der Waals surface area (Å²) in [7, 11) is 0. The molecular weight excluding hydrogens is 226 g/mol. The molecule has 1 aliphatic carbocycles. The van der Waals surface area contributed by atoms with Crippen LogP contribution in [0.1, 0.15) is 52.9 Å². The second-order valence-corrected chi connectivity index (χ2v) is 6.50. The van der Waals surface area contributed by atoms with Crippen LogP contribution in [0.15, 0.2) is 0 Å². The maximum Gasteiger partial charge on any atom is 0.233 e. The lowest BCUT2D eigenvalue weighted by Gasteiger charge is -2.25. The minimum absolute atomic E-state index is 0.000278. The van der Waals surface area contributed by atoms with E-state index in [0.29, 0.717) is 18.4 Å². The first kappa shape index (κ1) is 13.6. The molecule has 0 spiro atoms. The molecule has 0 radical (unpaired) electrons. The Bertz CT molecular complexity index is 337. The highest BCUT2D eigenvalue weighted by Gasteiger charge is 2.48. The molecule has 0 N–H and O–H groups in total. The molecule has 2 fully saturated rings. The molecular formula is C15H25NO2. The maximum atomic E-state index is 12.3. The topological polar surface area (TPSA) is 37.4 Å². The number of imide groups is 1. The maximum absolute atomic E-state index is 12.3. The Kier molecular flexibility index (Phi) is 4.08. The van der Waals surface area contributed by atoms with E-state index in [1.807, 2.05) is 0 Å². The fourth-order valence-corrected chi connectivity index (χ4v) is 3.34. The highest BCUT2D eigenvalue weighted by Crippen LogP contribution is 2.40. The van der Waals surface area contributed by atoms with Crippen LogP contribution in [-0.4, -0.2) is 23.3 Å². The molecule has 3 heteroatoms. The Morgan fingerprint density at radius 3 is 2.50 bits per heavy atom. The monoisotopic (exact) mass is 251 g/mol. The van der Waals surface area contributed by atoms with E-state index in [2.05, 4.69) is 20.8 Å². The average Bonchev–Trinajstić information content (AvgIpc) is 2.53. The SMILES string of the molecule is CC(C)CCCN1C(=O)C2CCC(C)CC2C1=O. The number of fused-ring (bicyclic) bond motifs is 1. The summed E-state index contributed by atoms with van der Waals surface area (Å²) in [6.45, 7) is 7.18. The molecule has 0 aromatic carbocycles. The van der Waals surface area contributed by atoms with Crippen molar-refractivity contribution in [1.82, 2.24) is 4.90 Å². The first-order chi connectivity index (χ1) is 8.50. The third kappa shape index (κ3) is 2.60. The molecule has 2 amide bonds. The Morgan fingerprint density at radius 2 is 1.83 bits per heavy atom. The van der Waals surface area contributed by atoms with Crippen molar-refractivity contribution in [3.05, 3.63) is 0 Å². The zero-order valence-electron chi connectivity index (χ0n) is 11.8. The van der Waals surface area contributed by atoms with Crippen LogP contribution in [0.4, 0.5) is 0 Å². The molecule has 18 heavy (non-hydrogen) atoms. The first-order valence-corrected chi connectivity index (χ1v) is 7.36. The second-order valence-electron chi connectivity index (χ2n) is 6.50. The summed E-state index contributed by atoms with van der Waals surface area (Å²) in [6, 6.07) is 0. The standard InChI is InChI=1S/C15H25NO2/c1-10(2)5-4-8-16-14(17)12-7-6-11(3)9-13(12)15(16)18/h10-13H,4-9H2,1-3H3. The number of nitrogens with zero attached hydrogens (tertiary/aromatic N) is 1. The van der Waals surface area contributed by atoms with Crippen LogP contribution in [0.2, 0.25) is 0 Å². The van der Waals surface area contributed by atoms with E-state index in [-0.39, 0.29) is 23.7 Å². The highest BCUT2D eigenvalue weighted by atomic mass is 16.2. The fourth-order valence-electron chi connectivity index (χ4n) is 3.34. The summed E-state index contributed by atoms with van der Waals surface area (Å²) in [4.78, 5) is 26.1. The number of hydrogen-bond donors (Lipinski definition) is 0. The molecule has 3 unspecified atom stereocenters. The van der Waals surface area contributed by atoms with Gasteiger partial charge in [0.1, 0.15) is 0 Å². The summed E-state index contributed by atoms with van der Waals surface area (Å²) in [6.07, 6.45) is 4.96. The molecule has 0 aromatic heterocycles. The van der Waals surface area contributed by atoms with Crippen LogP contribution < -0.4 is 0 Å². The highest BCUT2D eigenvalue weighted by molar-refractivity contribution is 6.05. The number of likely N-dealkylation sites (tertiary alicyclic amines) is 1. The van der Waals surface area contributed by atoms with Gasteiger partial charge in [-0.1, -0.05) is 20.8 Å². The predicted molar refractivity (Wildman–Crippen MR) is 70.8 cm³/mol. The van der Waals surface area contributed by atoms with Crippen molar-refractivity contribution < 1.29 is 9.59 Å². The van der Waals surface area contributed by atoms with Gasteiger partial charge >= 0.3 is 0 Å².